The lowest BCUT2D eigenvalue weighted by Crippen LogP contribution is -2.57. The Morgan fingerprint density at radius 2 is 1.62 bits per heavy atom. The van der Waals surface area contributed by atoms with Gasteiger partial charge in [-0.15, -0.1) is 0 Å². The Labute approximate surface area is 193 Å². The first kappa shape index (κ1) is 23.0. The predicted molar refractivity (Wildman–Crippen MR) is 130 cm³/mol. The smallest absolute Gasteiger partial charge is 0.163 e. The molecule has 2 saturated heterocycles. The number of benzene rings is 2. The monoisotopic (exact) mass is 434 g/mol. The van der Waals surface area contributed by atoms with Crippen LogP contribution in [0, 0.1) is 5.92 Å². The van der Waals surface area contributed by atoms with Crippen molar-refractivity contribution >= 4 is 5.78 Å². The third-order valence-corrected chi connectivity index (χ3v) is 6.66. The molecule has 0 atom stereocenters. The summed E-state index contributed by atoms with van der Waals surface area (Å²) in [5.74, 6) is 2.25. The summed E-state index contributed by atoms with van der Waals surface area (Å²) in [5.41, 5.74) is 2.18. The largest absolute Gasteiger partial charge is 0.457 e. The molecule has 4 heteroatoms. The molecule has 172 valence electrons. The molecule has 4 nitrogen and oxygen atoms in total. The van der Waals surface area contributed by atoms with Crippen molar-refractivity contribution in [2.24, 2.45) is 5.92 Å². The average molecular weight is 435 g/mol. The minimum atomic E-state index is 0.0632. The van der Waals surface area contributed by atoms with Gasteiger partial charge >= 0.3 is 0 Å². The molecule has 0 amide bonds. The molecule has 0 spiro atoms. The summed E-state index contributed by atoms with van der Waals surface area (Å²) in [4.78, 5) is 15.4. The van der Waals surface area contributed by atoms with Crippen LogP contribution in [0.15, 0.2) is 48.5 Å². The Morgan fingerprint density at radius 3 is 2.28 bits per heavy atom. The molecule has 0 aliphatic carbocycles. The van der Waals surface area contributed by atoms with Crippen LogP contribution in [0.4, 0.5) is 0 Å². The van der Waals surface area contributed by atoms with Crippen LogP contribution in [-0.4, -0.2) is 34.9 Å². The second-order valence-corrected chi connectivity index (χ2v) is 11.1. The minimum Gasteiger partial charge on any atom is -0.457 e. The summed E-state index contributed by atoms with van der Waals surface area (Å²) in [6.07, 6.45) is 5.25. The van der Waals surface area contributed by atoms with Crippen molar-refractivity contribution in [3.8, 4) is 11.5 Å². The van der Waals surface area contributed by atoms with Gasteiger partial charge in [-0.1, -0.05) is 12.1 Å². The lowest BCUT2D eigenvalue weighted by Gasteiger charge is -2.46. The van der Waals surface area contributed by atoms with Gasteiger partial charge in [0.2, 0.25) is 0 Å². The first-order valence-electron chi connectivity index (χ1n) is 12.1. The van der Waals surface area contributed by atoms with Gasteiger partial charge in [-0.2, -0.15) is 0 Å². The predicted octanol–water partition coefficient (Wildman–Crippen LogP) is 6.20. The number of rotatable bonds is 7. The Balaban J connectivity index is 1.35. The highest BCUT2D eigenvalue weighted by Gasteiger charge is 2.38. The van der Waals surface area contributed by atoms with Gasteiger partial charge in [-0.05, 0) is 114 Å². The number of likely N-dealkylation sites (tertiary alicyclic amines) is 1. The average Bonchev–Trinajstić information content (AvgIpc) is 3.19. The van der Waals surface area contributed by atoms with E-state index in [1.807, 2.05) is 30.3 Å². The van der Waals surface area contributed by atoms with Gasteiger partial charge in [-0.3, -0.25) is 9.69 Å². The molecular formula is C28H38N2O2. The van der Waals surface area contributed by atoms with Crippen molar-refractivity contribution in [2.75, 3.05) is 13.1 Å². The van der Waals surface area contributed by atoms with E-state index in [-0.39, 0.29) is 16.9 Å². The number of ketones is 1. The van der Waals surface area contributed by atoms with Crippen LogP contribution in [0.3, 0.4) is 0 Å². The fraction of sp³-hybridized carbons (Fsp3) is 0.536. The number of carbonyl (C=O) groups excluding carboxylic acids is 1. The Hall–Kier alpha value is -2.17. The number of nitrogens with one attached hydrogen (secondary N) is 1. The van der Waals surface area contributed by atoms with Gasteiger partial charge in [0.25, 0.3) is 0 Å². The van der Waals surface area contributed by atoms with Crippen LogP contribution in [0.25, 0.3) is 0 Å². The van der Waals surface area contributed by atoms with Crippen molar-refractivity contribution in [3.05, 3.63) is 59.7 Å². The highest BCUT2D eigenvalue weighted by molar-refractivity contribution is 5.96. The van der Waals surface area contributed by atoms with Crippen LogP contribution >= 0.6 is 0 Å². The number of ether oxygens (including phenoxy) is 1. The zero-order chi connectivity index (χ0) is 22.8. The maximum atomic E-state index is 12.9. The number of hydrogen-bond donors (Lipinski definition) is 1. The van der Waals surface area contributed by atoms with Gasteiger partial charge in [0.1, 0.15) is 11.5 Å². The van der Waals surface area contributed by atoms with Crippen LogP contribution in [-0.2, 0) is 6.54 Å². The number of hydrogen-bond acceptors (Lipinski definition) is 4. The maximum absolute atomic E-state index is 12.9. The standard InChI is InChI=1S/C28H38N2O2/c1-27(2)18-22(19-28(3,4)29-27)17-26(31)23-10-12-24(13-11-23)32-25-9-7-8-21(16-25)20-30-14-5-6-15-30/h7-13,16,22,29H,5-6,14-15,17-20H2,1-4H3. The third-order valence-electron chi connectivity index (χ3n) is 6.66. The van der Waals surface area contributed by atoms with Crippen molar-refractivity contribution < 1.29 is 9.53 Å². The highest BCUT2D eigenvalue weighted by atomic mass is 16.5. The van der Waals surface area contributed by atoms with Gasteiger partial charge in [0.05, 0.1) is 0 Å². The summed E-state index contributed by atoms with van der Waals surface area (Å²) >= 11 is 0. The molecule has 0 unspecified atom stereocenters. The van der Waals surface area contributed by atoms with Crippen LogP contribution < -0.4 is 10.1 Å². The fourth-order valence-electron chi connectivity index (χ4n) is 5.81. The molecule has 0 bridgehead atoms. The summed E-state index contributed by atoms with van der Waals surface area (Å²) < 4.78 is 6.08. The number of piperidine rings is 1. The van der Waals surface area contributed by atoms with Crippen molar-refractivity contribution in [1.82, 2.24) is 10.2 Å². The lowest BCUT2D eigenvalue weighted by atomic mass is 9.74. The summed E-state index contributed by atoms with van der Waals surface area (Å²) in [6, 6.07) is 16.0. The first-order valence-corrected chi connectivity index (χ1v) is 12.1. The van der Waals surface area contributed by atoms with E-state index >= 15 is 0 Å². The molecule has 0 radical (unpaired) electrons. The normalized spacial score (nSPS) is 20.9. The topological polar surface area (TPSA) is 41.6 Å². The van der Waals surface area contributed by atoms with E-state index in [4.69, 9.17) is 4.74 Å². The van der Waals surface area contributed by atoms with Crippen molar-refractivity contribution in [3.63, 3.8) is 0 Å². The molecule has 32 heavy (non-hydrogen) atoms. The second-order valence-electron chi connectivity index (χ2n) is 11.1. The Morgan fingerprint density at radius 1 is 0.969 bits per heavy atom. The van der Waals surface area contributed by atoms with Gasteiger partial charge in [-0.25, -0.2) is 0 Å². The van der Waals surface area contributed by atoms with Gasteiger partial charge < -0.3 is 10.1 Å². The molecule has 2 heterocycles. The minimum absolute atomic E-state index is 0.0632. The Bertz CT molecular complexity index is 911. The molecule has 4 rings (SSSR count). The van der Waals surface area contributed by atoms with Crippen molar-refractivity contribution in [2.45, 2.75) is 77.4 Å². The summed E-state index contributed by atoms with van der Waals surface area (Å²) in [7, 11) is 0. The molecule has 2 fully saturated rings. The molecule has 2 aromatic carbocycles. The van der Waals surface area contributed by atoms with Crippen molar-refractivity contribution in [1.29, 1.82) is 0 Å². The van der Waals surface area contributed by atoms with E-state index in [1.165, 1.54) is 31.5 Å². The quantitative estimate of drug-likeness (QED) is 0.527. The van der Waals surface area contributed by atoms with E-state index in [9.17, 15) is 4.79 Å². The maximum Gasteiger partial charge on any atom is 0.163 e. The van der Waals surface area contributed by atoms with E-state index < -0.39 is 0 Å². The second kappa shape index (κ2) is 9.36. The third kappa shape index (κ3) is 6.20. The van der Waals surface area contributed by atoms with E-state index in [1.54, 1.807) is 0 Å². The molecular weight excluding hydrogens is 396 g/mol. The molecule has 2 aliphatic rings. The van der Waals surface area contributed by atoms with Gasteiger partial charge in [0, 0.05) is 29.6 Å². The summed E-state index contributed by atoms with van der Waals surface area (Å²) in [6.45, 7) is 12.3. The SMILES string of the molecule is CC1(C)CC(CC(=O)c2ccc(Oc3cccc(CN4CCCC4)c3)cc2)CC(C)(C)N1. The zero-order valence-corrected chi connectivity index (χ0v) is 20.1. The highest BCUT2D eigenvalue weighted by Crippen LogP contribution is 2.35. The number of Topliss-reactive ketones (excluding diaryl/α,β-unsaturated/α-hetero) is 1. The number of nitrogens with zero attached hydrogens (tertiary/aromatic N) is 1. The molecule has 0 aromatic heterocycles. The van der Waals surface area contributed by atoms with E-state index in [0.717, 1.165) is 36.4 Å². The number of carbonyl (C=O) groups is 1. The first-order chi connectivity index (χ1) is 15.2. The van der Waals surface area contributed by atoms with Crippen LogP contribution in [0.1, 0.15) is 75.7 Å². The van der Waals surface area contributed by atoms with E-state index in [2.05, 4.69) is 56.1 Å². The summed E-state index contributed by atoms with van der Waals surface area (Å²) in [5, 5.41) is 3.70. The van der Waals surface area contributed by atoms with E-state index in [0.29, 0.717) is 12.3 Å². The molecule has 2 aliphatic heterocycles. The van der Waals surface area contributed by atoms with Gasteiger partial charge in [0.15, 0.2) is 5.78 Å². The lowest BCUT2D eigenvalue weighted by molar-refractivity contribution is 0.0864. The molecule has 1 N–H and O–H groups in total. The Kier molecular flexibility index (Phi) is 6.73. The molecule has 2 aromatic rings. The van der Waals surface area contributed by atoms with Crippen LogP contribution in [0.5, 0.6) is 11.5 Å². The van der Waals surface area contributed by atoms with Crippen LogP contribution in [0.2, 0.25) is 0 Å². The zero-order valence-electron chi connectivity index (χ0n) is 20.1. The fourth-order valence-corrected chi connectivity index (χ4v) is 5.81. The molecule has 0 saturated carbocycles.